The predicted molar refractivity (Wildman–Crippen MR) is 95.6 cm³/mol. The van der Waals surface area contributed by atoms with Crippen LogP contribution in [0.3, 0.4) is 0 Å². The fourth-order valence-electron chi connectivity index (χ4n) is 4.00. The minimum absolute atomic E-state index is 0.140. The minimum atomic E-state index is -0.745. The smallest absolute Gasteiger partial charge is 0.225 e. The lowest BCUT2D eigenvalue weighted by Gasteiger charge is -2.33. The zero-order valence-electron chi connectivity index (χ0n) is 14.6. The van der Waals surface area contributed by atoms with Gasteiger partial charge in [0.2, 0.25) is 5.91 Å². The van der Waals surface area contributed by atoms with Gasteiger partial charge in [-0.05, 0) is 24.8 Å². The van der Waals surface area contributed by atoms with Crippen LogP contribution >= 0.6 is 0 Å². The summed E-state index contributed by atoms with van der Waals surface area (Å²) in [6, 6.07) is 10.5. The maximum absolute atomic E-state index is 12.6. The molecule has 24 heavy (non-hydrogen) atoms. The Morgan fingerprint density at radius 2 is 1.71 bits per heavy atom. The van der Waals surface area contributed by atoms with Gasteiger partial charge < -0.3 is 10.0 Å². The van der Waals surface area contributed by atoms with Crippen molar-refractivity contribution in [3.8, 4) is 0 Å². The molecule has 1 N–H and O–H groups in total. The van der Waals surface area contributed by atoms with Crippen LogP contribution in [0, 0.1) is 0 Å². The molecular weight excluding hydrogens is 300 g/mol. The first-order chi connectivity index (χ1) is 11.6. The second kappa shape index (κ2) is 8.13. The van der Waals surface area contributed by atoms with E-state index in [2.05, 4.69) is 29.2 Å². The van der Waals surface area contributed by atoms with Gasteiger partial charge in [0.1, 0.15) is 0 Å². The number of aliphatic hydroxyl groups is 1. The number of nitrogens with zero attached hydrogens (tertiary/aromatic N) is 2. The van der Waals surface area contributed by atoms with E-state index in [1.807, 2.05) is 11.0 Å². The number of benzene rings is 1. The zero-order chi connectivity index (χ0) is 16.8. The Morgan fingerprint density at radius 1 is 0.958 bits per heavy atom. The molecule has 0 aromatic heterocycles. The molecule has 1 saturated carbocycles. The van der Waals surface area contributed by atoms with E-state index in [0.29, 0.717) is 6.42 Å². The van der Waals surface area contributed by atoms with E-state index in [9.17, 15) is 9.90 Å². The van der Waals surface area contributed by atoms with Crippen LogP contribution in [0.5, 0.6) is 0 Å². The largest absolute Gasteiger partial charge is 0.389 e. The Hall–Kier alpha value is -1.39. The SMILES string of the molecule is O=C(CC1(O)CCCCC1)N1CCCN(Cc2ccccc2)CC1. The van der Waals surface area contributed by atoms with Crippen molar-refractivity contribution in [3.05, 3.63) is 35.9 Å². The summed E-state index contributed by atoms with van der Waals surface area (Å²) in [5.41, 5.74) is 0.583. The van der Waals surface area contributed by atoms with E-state index < -0.39 is 5.60 Å². The molecule has 2 fully saturated rings. The molecule has 1 aromatic rings. The lowest BCUT2D eigenvalue weighted by atomic mass is 9.82. The predicted octanol–water partition coefficient (Wildman–Crippen LogP) is 2.81. The molecule has 0 bridgehead atoms. The molecule has 3 rings (SSSR count). The van der Waals surface area contributed by atoms with Gasteiger partial charge in [0.05, 0.1) is 12.0 Å². The summed E-state index contributed by atoms with van der Waals surface area (Å²) in [7, 11) is 0. The molecule has 1 saturated heterocycles. The number of carbonyl (C=O) groups is 1. The molecule has 1 heterocycles. The van der Waals surface area contributed by atoms with E-state index in [0.717, 1.165) is 64.8 Å². The average molecular weight is 330 g/mol. The van der Waals surface area contributed by atoms with E-state index in [-0.39, 0.29) is 5.91 Å². The van der Waals surface area contributed by atoms with E-state index in [4.69, 9.17) is 0 Å². The Bertz CT molecular complexity index is 526. The molecule has 1 aromatic carbocycles. The van der Waals surface area contributed by atoms with Gasteiger partial charge in [-0.2, -0.15) is 0 Å². The van der Waals surface area contributed by atoms with E-state index in [1.165, 1.54) is 12.0 Å². The standard InChI is InChI=1S/C20H30N2O2/c23-19(16-20(24)10-5-2-6-11-20)22-13-7-12-21(14-15-22)17-18-8-3-1-4-9-18/h1,3-4,8-9,24H,2,5-7,10-17H2. The van der Waals surface area contributed by atoms with Gasteiger partial charge in [-0.25, -0.2) is 0 Å². The molecule has 4 heteroatoms. The van der Waals surface area contributed by atoms with Gasteiger partial charge in [-0.15, -0.1) is 0 Å². The van der Waals surface area contributed by atoms with Crippen molar-refractivity contribution in [2.75, 3.05) is 26.2 Å². The number of hydrogen-bond acceptors (Lipinski definition) is 3. The zero-order valence-corrected chi connectivity index (χ0v) is 14.6. The van der Waals surface area contributed by atoms with Gasteiger partial charge in [-0.3, -0.25) is 9.69 Å². The second-order valence-corrected chi connectivity index (χ2v) is 7.46. The molecule has 0 spiro atoms. The Labute approximate surface area is 145 Å². The third-order valence-corrected chi connectivity index (χ3v) is 5.45. The Morgan fingerprint density at radius 3 is 2.46 bits per heavy atom. The van der Waals surface area contributed by atoms with Crippen molar-refractivity contribution in [2.45, 2.75) is 57.1 Å². The van der Waals surface area contributed by atoms with Gasteiger partial charge in [0, 0.05) is 32.7 Å². The fourth-order valence-corrected chi connectivity index (χ4v) is 4.00. The Kier molecular flexibility index (Phi) is 5.90. The third kappa shape index (κ3) is 4.81. The van der Waals surface area contributed by atoms with Crippen LogP contribution < -0.4 is 0 Å². The topological polar surface area (TPSA) is 43.8 Å². The maximum Gasteiger partial charge on any atom is 0.225 e. The summed E-state index contributed by atoms with van der Waals surface area (Å²) in [5.74, 6) is 0.140. The number of rotatable bonds is 4. The summed E-state index contributed by atoms with van der Waals surface area (Å²) < 4.78 is 0. The molecule has 0 unspecified atom stereocenters. The molecule has 0 atom stereocenters. The number of amides is 1. The molecule has 4 nitrogen and oxygen atoms in total. The van der Waals surface area contributed by atoms with Crippen molar-refractivity contribution < 1.29 is 9.90 Å². The molecule has 1 amide bonds. The fraction of sp³-hybridized carbons (Fsp3) is 0.650. The monoisotopic (exact) mass is 330 g/mol. The highest BCUT2D eigenvalue weighted by molar-refractivity contribution is 5.77. The number of carbonyl (C=O) groups excluding carboxylic acids is 1. The maximum atomic E-state index is 12.6. The summed E-state index contributed by atoms with van der Waals surface area (Å²) in [6.45, 7) is 4.50. The van der Waals surface area contributed by atoms with Gasteiger partial charge in [0.15, 0.2) is 0 Å². The molecule has 132 valence electrons. The van der Waals surface area contributed by atoms with E-state index >= 15 is 0 Å². The normalized spacial score (nSPS) is 22.1. The quantitative estimate of drug-likeness (QED) is 0.923. The summed E-state index contributed by atoms with van der Waals surface area (Å²) in [6.07, 6.45) is 6.18. The Balaban J connectivity index is 1.50. The van der Waals surface area contributed by atoms with Crippen LogP contribution in [0.25, 0.3) is 0 Å². The molecule has 2 aliphatic rings. The highest BCUT2D eigenvalue weighted by Crippen LogP contribution is 2.31. The van der Waals surface area contributed by atoms with Crippen molar-refractivity contribution in [2.24, 2.45) is 0 Å². The first-order valence-electron chi connectivity index (χ1n) is 9.41. The molecule has 1 aliphatic carbocycles. The van der Waals surface area contributed by atoms with Crippen LogP contribution in [0.1, 0.15) is 50.5 Å². The lowest BCUT2D eigenvalue weighted by molar-refractivity contribution is -0.137. The van der Waals surface area contributed by atoms with Crippen molar-refractivity contribution >= 4 is 5.91 Å². The summed E-state index contributed by atoms with van der Waals surface area (Å²) >= 11 is 0. The van der Waals surface area contributed by atoms with E-state index in [1.54, 1.807) is 0 Å². The molecule has 1 aliphatic heterocycles. The summed E-state index contributed by atoms with van der Waals surface area (Å²) in [4.78, 5) is 17.0. The number of hydrogen-bond donors (Lipinski definition) is 1. The minimum Gasteiger partial charge on any atom is -0.389 e. The van der Waals surface area contributed by atoms with Crippen LogP contribution in [0.2, 0.25) is 0 Å². The van der Waals surface area contributed by atoms with Gasteiger partial charge in [0.25, 0.3) is 0 Å². The second-order valence-electron chi connectivity index (χ2n) is 7.46. The van der Waals surface area contributed by atoms with Gasteiger partial charge >= 0.3 is 0 Å². The molecule has 0 radical (unpaired) electrons. The first-order valence-corrected chi connectivity index (χ1v) is 9.41. The van der Waals surface area contributed by atoms with Gasteiger partial charge in [-0.1, -0.05) is 49.6 Å². The van der Waals surface area contributed by atoms with Crippen molar-refractivity contribution in [1.82, 2.24) is 9.80 Å². The highest BCUT2D eigenvalue weighted by Gasteiger charge is 2.33. The van der Waals surface area contributed by atoms with Crippen LogP contribution in [0.4, 0.5) is 0 Å². The molecular formula is C20H30N2O2. The van der Waals surface area contributed by atoms with Crippen molar-refractivity contribution in [3.63, 3.8) is 0 Å². The average Bonchev–Trinajstić information content (AvgIpc) is 2.82. The highest BCUT2D eigenvalue weighted by atomic mass is 16.3. The van der Waals surface area contributed by atoms with Crippen LogP contribution in [-0.2, 0) is 11.3 Å². The van der Waals surface area contributed by atoms with Crippen LogP contribution in [-0.4, -0.2) is 52.6 Å². The van der Waals surface area contributed by atoms with Crippen molar-refractivity contribution in [1.29, 1.82) is 0 Å². The first kappa shape index (κ1) is 17.4. The lowest BCUT2D eigenvalue weighted by Crippen LogP contribution is -2.42. The summed E-state index contributed by atoms with van der Waals surface area (Å²) in [5, 5.41) is 10.6. The van der Waals surface area contributed by atoms with Crippen LogP contribution in [0.15, 0.2) is 30.3 Å². The third-order valence-electron chi connectivity index (χ3n) is 5.45.